The lowest BCUT2D eigenvalue weighted by atomic mass is 9.95. The Bertz CT molecular complexity index is 857. The van der Waals surface area contributed by atoms with Crippen LogP contribution in [0.5, 0.6) is 0 Å². The fraction of sp³-hybridized carbons (Fsp3) is 0.640. The van der Waals surface area contributed by atoms with Gasteiger partial charge in [0.2, 0.25) is 5.91 Å². The summed E-state index contributed by atoms with van der Waals surface area (Å²) in [5.74, 6) is 1.13. The fourth-order valence-corrected chi connectivity index (χ4v) is 5.15. The molecule has 0 aromatic heterocycles. The Labute approximate surface area is 196 Å². The van der Waals surface area contributed by atoms with Crippen molar-refractivity contribution in [1.82, 2.24) is 20.0 Å². The van der Waals surface area contributed by atoms with Crippen LogP contribution in [-0.4, -0.2) is 91.4 Å². The van der Waals surface area contributed by atoms with Gasteiger partial charge >= 0.3 is 6.03 Å². The van der Waals surface area contributed by atoms with Crippen molar-refractivity contribution in [1.29, 1.82) is 0 Å². The van der Waals surface area contributed by atoms with Crippen LogP contribution in [0.2, 0.25) is 0 Å². The number of imide groups is 1. The molecule has 1 N–H and O–H groups in total. The van der Waals surface area contributed by atoms with Gasteiger partial charge < -0.3 is 14.7 Å². The number of nitrogens with one attached hydrogen (secondary N) is 1. The molecule has 0 saturated carbocycles. The maximum Gasteiger partial charge on any atom is 0.328 e. The molecule has 8 nitrogen and oxygen atoms in total. The molecule has 0 radical (unpaired) electrons. The molecule has 1 aromatic carbocycles. The summed E-state index contributed by atoms with van der Waals surface area (Å²) >= 11 is 0. The lowest BCUT2D eigenvalue weighted by Crippen LogP contribution is -2.50. The highest BCUT2D eigenvalue weighted by Gasteiger charge is 2.28. The number of piperidine rings is 1. The van der Waals surface area contributed by atoms with Gasteiger partial charge in [0.1, 0.15) is 0 Å². The third kappa shape index (κ3) is 6.12. The van der Waals surface area contributed by atoms with Crippen LogP contribution in [0.1, 0.15) is 43.5 Å². The zero-order valence-corrected chi connectivity index (χ0v) is 20.0. The predicted octanol–water partition coefficient (Wildman–Crippen LogP) is 2.26. The highest BCUT2D eigenvalue weighted by atomic mass is 16.2. The average Bonchev–Trinajstić information content (AvgIpc) is 2.80. The van der Waals surface area contributed by atoms with Gasteiger partial charge in [0.05, 0.1) is 0 Å². The van der Waals surface area contributed by atoms with Crippen LogP contribution >= 0.6 is 0 Å². The maximum absolute atomic E-state index is 13.1. The van der Waals surface area contributed by atoms with Gasteiger partial charge in [0.25, 0.3) is 5.91 Å². The fourth-order valence-electron chi connectivity index (χ4n) is 5.15. The van der Waals surface area contributed by atoms with E-state index in [2.05, 4.69) is 29.0 Å². The van der Waals surface area contributed by atoms with Gasteiger partial charge in [-0.1, -0.05) is 19.9 Å². The maximum atomic E-state index is 13.1. The number of urea groups is 1. The van der Waals surface area contributed by atoms with E-state index in [1.165, 1.54) is 11.4 Å². The van der Waals surface area contributed by atoms with Crippen molar-refractivity contribution < 1.29 is 14.4 Å². The summed E-state index contributed by atoms with van der Waals surface area (Å²) in [4.78, 5) is 45.3. The molecule has 0 aliphatic carbocycles. The summed E-state index contributed by atoms with van der Waals surface area (Å²) in [6.07, 6.45) is 2.34. The Kier molecular flexibility index (Phi) is 7.65. The number of nitrogens with zero attached hydrogens (tertiary/aromatic N) is 4. The van der Waals surface area contributed by atoms with E-state index in [-0.39, 0.29) is 18.2 Å². The number of hydrogen-bond donors (Lipinski definition) is 1. The second kappa shape index (κ2) is 10.7. The van der Waals surface area contributed by atoms with Crippen LogP contribution in [0.4, 0.5) is 10.5 Å². The molecule has 1 aromatic rings. The van der Waals surface area contributed by atoms with Crippen molar-refractivity contribution in [2.75, 3.05) is 63.8 Å². The minimum Gasteiger partial charge on any atom is -0.339 e. The normalized spacial score (nSPS) is 21.5. The molecule has 0 spiro atoms. The third-order valence-corrected chi connectivity index (χ3v) is 6.97. The van der Waals surface area contributed by atoms with Crippen LogP contribution in [0.25, 0.3) is 0 Å². The number of amides is 4. The number of carbonyl (C=O) groups excluding carboxylic acids is 3. The zero-order valence-electron chi connectivity index (χ0n) is 20.0. The molecule has 33 heavy (non-hydrogen) atoms. The molecule has 3 fully saturated rings. The molecule has 3 heterocycles. The SMILES string of the molecule is CC(C)CN1CCN(CC2CCN(C(=O)c3cccc(N4CCC(=O)NC4=O)c3)CC2)CC1. The Hall–Kier alpha value is -2.45. The molecule has 0 atom stereocenters. The monoisotopic (exact) mass is 455 g/mol. The summed E-state index contributed by atoms with van der Waals surface area (Å²) in [6.45, 7) is 13.4. The summed E-state index contributed by atoms with van der Waals surface area (Å²) in [5, 5.41) is 2.33. The standard InChI is InChI=1S/C25H37N5O3/c1-19(2)17-27-12-14-28(15-13-27)18-20-6-9-29(10-7-20)24(32)21-4-3-5-22(16-21)30-11-8-23(31)26-25(30)33/h3-5,16,19-20H,6-15,17-18H2,1-2H3,(H,26,31,33). The van der Waals surface area contributed by atoms with Gasteiger partial charge in [-0.25, -0.2) is 4.79 Å². The lowest BCUT2D eigenvalue weighted by Gasteiger charge is -2.39. The van der Waals surface area contributed by atoms with E-state index in [0.717, 1.165) is 64.6 Å². The summed E-state index contributed by atoms with van der Waals surface area (Å²) in [6, 6.07) is 6.75. The van der Waals surface area contributed by atoms with E-state index in [0.29, 0.717) is 23.7 Å². The average molecular weight is 456 g/mol. The van der Waals surface area contributed by atoms with Crippen molar-refractivity contribution in [3.05, 3.63) is 29.8 Å². The van der Waals surface area contributed by atoms with Crippen molar-refractivity contribution in [2.45, 2.75) is 33.1 Å². The van der Waals surface area contributed by atoms with E-state index >= 15 is 0 Å². The van der Waals surface area contributed by atoms with Crippen molar-refractivity contribution >= 4 is 23.5 Å². The zero-order chi connectivity index (χ0) is 23.4. The molecule has 4 amide bonds. The number of piperazine rings is 1. The largest absolute Gasteiger partial charge is 0.339 e. The number of rotatable bonds is 6. The Morgan fingerprint density at radius 2 is 1.70 bits per heavy atom. The molecule has 4 rings (SSSR count). The first kappa shape index (κ1) is 23.7. The number of anilines is 1. The molecule has 3 aliphatic rings. The van der Waals surface area contributed by atoms with Crippen LogP contribution in [0.15, 0.2) is 24.3 Å². The Balaban J connectivity index is 1.26. The molecule has 3 aliphatic heterocycles. The van der Waals surface area contributed by atoms with Crippen molar-refractivity contribution in [3.8, 4) is 0 Å². The van der Waals surface area contributed by atoms with Crippen LogP contribution in [0, 0.1) is 11.8 Å². The van der Waals surface area contributed by atoms with Gasteiger partial charge in [0.15, 0.2) is 0 Å². The Morgan fingerprint density at radius 3 is 2.36 bits per heavy atom. The van der Waals surface area contributed by atoms with Gasteiger partial charge in [-0.2, -0.15) is 0 Å². The molecular weight excluding hydrogens is 418 g/mol. The molecule has 8 heteroatoms. The second-order valence-corrected chi connectivity index (χ2v) is 10.0. The van der Waals surface area contributed by atoms with E-state index in [4.69, 9.17) is 0 Å². The molecule has 0 bridgehead atoms. The van der Waals surface area contributed by atoms with E-state index in [1.807, 2.05) is 11.0 Å². The van der Waals surface area contributed by atoms with Crippen LogP contribution < -0.4 is 10.2 Å². The molecule has 180 valence electrons. The van der Waals surface area contributed by atoms with Crippen molar-refractivity contribution in [3.63, 3.8) is 0 Å². The summed E-state index contributed by atoms with van der Waals surface area (Å²) in [5.41, 5.74) is 1.24. The highest BCUT2D eigenvalue weighted by molar-refractivity contribution is 6.06. The number of hydrogen-bond acceptors (Lipinski definition) is 5. The first-order valence-corrected chi connectivity index (χ1v) is 12.3. The van der Waals surface area contributed by atoms with Gasteiger partial charge in [-0.15, -0.1) is 0 Å². The molecule has 0 unspecified atom stereocenters. The minimum atomic E-state index is -0.429. The number of likely N-dealkylation sites (tertiary alicyclic amines) is 1. The van der Waals surface area contributed by atoms with Gasteiger partial charge in [0, 0.05) is 76.6 Å². The summed E-state index contributed by atoms with van der Waals surface area (Å²) < 4.78 is 0. The van der Waals surface area contributed by atoms with Gasteiger partial charge in [-0.3, -0.25) is 19.8 Å². The predicted molar refractivity (Wildman–Crippen MR) is 128 cm³/mol. The van der Waals surface area contributed by atoms with Gasteiger partial charge in [-0.05, 0) is 42.9 Å². The first-order chi connectivity index (χ1) is 15.9. The minimum absolute atomic E-state index is 0.0195. The number of benzene rings is 1. The van der Waals surface area contributed by atoms with Crippen LogP contribution in [0.3, 0.4) is 0 Å². The third-order valence-electron chi connectivity index (χ3n) is 6.97. The highest BCUT2D eigenvalue weighted by Crippen LogP contribution is 2.23. The Morgan fingerprint density at radius 1 is 1.00 bits per heavy atom. The van der Waals surface area contributed by atoms with E-state index in [1.54, 1.807) is 18.2 Å². The first-order valence-electron chi connectivity index (χ1n) is 12.3. The van der Waals surface area contributed by atoms with E-state index in [9.17, 15) is 14.4 Å². The van der Waals surface area contributed by atoms with E-state index < -0.39 is 6.03 Å². The quantitative estimate of drug-likeness (QED) is 0.712. The number of carbonyl (C=O) groups is 3. The lowest BCUT2D eigenvalue weighted by molar-refractivity contribution is -0.120. The van der Waals surface area contributed by atoms with Crippen LogP contribution in [-0.2, 0) is 4.79 Å². The topological polar surface area (TPSA) is 76.2 Å². The molecular formula is C25H37N5O3. The second-order valence-electron chi connectivity index (χ2n) is 10.0. The summed E-state index contributed by atoms with van der Waals surface area (Å²) in [7, 11) is 0. The molecule has 3 saturated heterocycles. The smallest absolute Gasteiger partial charge is 0.328 e. The van der Waals surface area contributed by atoms with Crippen molar-refractivity contribution in [2.24, 2.45) is 11.8 Å².